The van der Waals surface area contributed by atoms with E-state index in [1.807, 2.05) is 0 Å². The molecule has 110 valence electrons. The molecule has 0 amide bonds. The summed E-state index contributed by atoms with van der Waals surface area (Å²) in [5.41, 5.74) is 5.72. The average Bonchev–Trinajstić information content (AvgIpc) is 3.29. The average molecular weight is 279 g/mol. The Balaban J connectivity index is 1.81. The molecule has 1 heteroatoms. The van der Waals surface area contributed by atoms with Gasteiger partial charge in [0.1, 0.15) is 0 Å². The Labute approximate surface area is 128 Å². The fraction of sp³-hybridized carbons (Fsp3) is 0.400. The Bertz CT molecular complexity index is 602. The second-order valence-electron chi connectivity index (χ2n) is 6.30. The van der Waals surface area contributed by atoms with Crippen LogP contribution in [0.25, 0.3) is 0 Å². The minimum absolute atomic E-state index is 0.486. The number of hydrogen-bond donors (Lipinski definition) is 1. The molecule has 0 aliphatic heterocycles. The lowest BCUT2D eigenvalue weighted by Crippen LogP contribution is -2.23. The second kappa shape index (κ2) is 6.03. The Morgan fingerprint density at radius 3 is 2.48 bits per heavy atom. The van der Waals surface area contributed by atoms with E-state index in [4.69, 9.17) is 0 Å². The molecule has 0 heterocycles. The lowest BCUT2D eigenvalue weighted by atomic mass is 9.96. The minimum atomic E-state index is 0.486. The van der Waals surface area contributed by atoms with E-state index in [9.17, 15) is 0 Å². The van der Waals surface area contributed by atoms with Crippen LogP contribution in [0.2, 0.25) is 0 Å². The van der Waals surface area contributed by atoms with Gasteiger partial charge in [-0.1, -0.05) is 55.5 Å². The van der Waals surface area contributed by atoms with E-state index in [-0.39, 0.29) is 0 Å². The SMILES string of the molecule is CCNC(c1ccc(C)c(C)c1)C1CC1c1ccccc1. The fourth-order valence-electron chi connectivity index (χ4n) is 3.36. The van der Waals surface area contributed by atoms with Gasteiger partial charge in [-0.3, -0.25) is 0 Å². The number of nitrogens with one attached hydrogen (secondary N) is 1. The van der Waals surface area contributed by atoms with Crippen molar-refractivity contribution in [3.63, 3.8) is 0 Å². The minimum Gasteiger partial charge on any atom is -0.310 e. The first-order valence-electron chi connectivity index (χ1n) is 8.06. The molecule has 1 N–H and O–H groups in total. The van der Waals surface area contributed by atoms with Crippen molar-refractivity contribution >= 4 is 0 Å². The highest BCUT2D eigenvalue weighted by molar-refractivity contribution is 5.35. The smallest absolute Gasteiger partial charge is 0.0354 e. The monoisotopic (exact) mass is 279 g/mol. The summed E-state index contributed by atoms with van der Waals surface area (Å²) < 4.78 is 0. The maximum absolute atomic E-state index is 3.71. The van der Waals surface area contributed by atoms with Crippen LogP contribution < -0.4 is 5.32 Å². The maximum atomic E-state index is 3.71. The molecular weight excluding hydrogens is 254 g/mol. The summed E-state index contributed by atoms with van der Waals surface area (Å²) in [4.78, 5) is 0. The number of aryl methyl sites for hydroxylation is 2. The van der Waals surface area contributed by atoms with Gasteiger partial charge in [-0.25, -0.2) is 0 Å². The van der Waals surface area contributed by atoms with E-state index >= 15 is 0 Å². The van der Waals surface area contributed by atoms with Crippen LogP contribution in [-0.4, -0.2) is 6.54 Å². The van der Waals surface area contributed by atoms with E-state index in [2.05, 4.69) is 74.6 Å². The molecule has 0 radical (unpaired) electrons. The van der Waals surface area contributed by atoms with Crippen molar-refractivity contribution in [2.45, 2.75) is 39.2 Å². The lowest BCUT2D eigenvalue weighted by molar-refractivity contribution is 0.487. The van der Waals surface area contributed by atoms with Gasteiger partial charge in [0.2, 0.25) is 0 Å². The van der Waals surface area contributed by atoms with Gasteiger partial charge in [0, 0.05) is 6.04 Å². The van der Waals surface area contributed by atoms with E-state index in [0.29, 0.717) is 6.04 Å². The maximum Gasteiger partial charge on any atom is 0.0354 e. The van der Waals surface area contributed by atoms with Crippen LogP contribution in [0.5, 0.6) is 0 Å². The second-order valence-corrected chi connectivity index (χ2v) is 6.30. The molecule has 0 bridgehead atoms. The molecule has 0 saturated heterocycles. The van der Waals surface area contributed by atoms with Crippen molar-refractivity contribution in [1.29, 1.82) is 0 Å². The molecule has 0 aromatic heterocycles. The van der Waals surface area contributed by atoms with Gasteiger partial charge in [-0.15, -0.1) is 0 Å². The van der Waals surface area contributed by atoms with E-state index in [0.717, 1.165) is 18.4 Å². The molecule has 21 heavy (non-hydrogen) atoms. The van der Waals surface area contributed by atoms with Crippen molar-refractivity contribution in [1.82, 2.24) is 5.32 Å². The molecule has 1 fully saturated rings. The molecule has 1 aliphatic carbocycles. The summed E-state index contributed by atoms with van der Waals surface area (Å²) in [5, 5.41) is 3.71. The normalized spacial score (nSPS) is 22.0. The summed E-state index contributed by atoms with van der Waals surface area (Å²) in [6.45, 7) is 7.62. The van der Waals surface area contributed by atoms with Crippen LogP contribution in [0.4, 0.5) is 0 Å². The van der Waals surface area contributed by atoms with E-state index in [1.54, 1.807) is 0 Å². The highest BCUT2D eigenvalue weighted by atomic mass is 14.9. The first-order valence-corrected chi connectivity index (χ1v) is 8.06. The summed E-state index contributed by atoms with van der Waals surface area (Å²) in [5.74, 6) is 1.45. The van der Waals surface area contributed by atoms with Gasteiger partial charge < -0.3 is 5.32 Å². The molecule has 0 spiro atoms. The summed E-state index contributed by atoms with van der Waals surface area (Å²) in [6.07, 6.45) is 1.30. The molecule has 3 atom stereocenters. The van der Waals surface area contributed by atoms with Crippen molar-refractivity contribution in [3.05, 3.63) is 70.8 Å². The lowest BCUT2D eigenvalue weighted by Gasteiger charge is -2.20. The van der Waals surface area contributed by atoms with Gasteiger partial charge in [0.25, 0.3) is 0 Å². The Morgan fingerprint density at radius 1 is 1.05 bits per heavy atom. The third-order valence-electron chi connectivity index (χ3n) is 4.81. The van der Waals surface area contributed by atoms with E-state index in [1.165, 1.54) is 28.7 Å². The predicted octanol–water partition coefficient (Wildman–Crippen LogP) is 4.76. The molecular formula is C20H25N. The highest BCUT2D eigenvalue weighted by Crippen LogP contribution is 2.54. The molecule has 2 aromatic carbocycles. The van der Waals surface area contributed by atoms with Crippen LogP contribution in [0, 0.1) is 19.8 Å². The van der Waals surface area contributed by atoms with Crippen molar-refractivity contribution < 1.29 is 0 Å². The number of benzene rings is 2. The quantitative estimate of drug-likeness (QED) is 0.832. The van der Waals surface area contributed by atoms with Crippen molar-refractivity contribution in [2.24, 2.45) is 5.92 Å². The predicted molar refractivity (Wildman–Crippen MR) is 89.6 cm³/mol. The first-order chi connectivity index (χ1) is 10.2. The molecule has 1 aliphatic rings. The first kappa shape index (κ1) is 14.3. The van der Waals surface area contributed by atoms with Crippen LogP contribution in [0.1, 0.15) is 47.6 Å². The van der Waals surface area contributed by atoms with Crippen LogP contribution in [0.15, 0.2) is 48.5 Å². The Morgan fingerprint density at radius 2 is 1.81 bits per heavy atom. The topological polar surface area (TPSA) is 12.0 Å². The highest BCUT2D eigenvalue weighted by Gasteiger charge is 2.43. The van der Waals surface area contributed by atoms with Crippen LogP contribution in [-0.2, 0) is 0 Å². The number of hydrogen-bond acceptors (Lipinski definition) is 1. The Hall–Kier alpha value is -1.60. The van der Waals surface area contributed by atoms with Gasteiger partial charge in [-0.05, 0) is 60.9 Å². The molecule has 3 rings (SSSR count). The Kier molecular flexibility index (Phi) is 4.12. The van der Waals surface area contributed by atoms with Gasteiger partial charge in [0.15, 0.2) is 0 Å². The van der Waals surface area contributed by atoms with Crippen molar-refractivity contribution in [2.75, 3.05) is 6.54 Å². The fourth-order valence-corrected chi connectivity index (χ4v) is 3.36. The largest absolute Gasteiger partial charge is 0.310 e. The zero-order valence-electron chi connectivity index (χ0n) is 13.3. The zero-order valence-corrected chi connectivity index (χ0v) is 13.3. The molecule has 3 unspecified atom stereocenters. The van der Waals surface area contributed by atoms with Crippen LogP contribution >= 0.6 is 0 Å². The van der Waals surface area contributed by atoms with Gasteiger partial charge in [-0.2, -0.15) is 0 Å². The zero-order chi connectivity index (χ0) is 14.8. The number of rotatable bonds is 5. The summed E-state index contributed by atoms with van der Waals surface area (Å²) in [6, 6.07) is 18.4. The van der Waals surface area contributed by atoms with Gasteiger partial charge in [0.05, 0.1) is 0 Å². The van der Waals surface area contributed by atoms with E-state index < -0.39 is 0 Å². The third-order valence-corrected chi connectivity index (χ3v) is 4.81. The van der Waals surface area contributed by atoms with Gasteiger partial charge >= 0.3 is 0 Å². The standard InChI is InChI=1S/C20H25N/c1-4-21-20(17-11-10-14(2)15(3)12-17)19-13-18(19)16-8-6-5-7-9-16/h5-12,18-21H,4,13H2,1-3H3. The van der Waals surface area contributed by atoms with Crippen LogP contribution in [0.3, 0.4) is 0 Å². The molecule has 2 aromatic rings. The summed E-state index contributed by atoms with van der Waals surface area (Å²) in [7, 11) is 0. The molecule has 1 nitrogen and oxygen atoms in total. The third kappa shape index (κ3) is 3.03. The molecule has 1 saturated carbocycles. The van der Waals surface area contributed by atoms with Crippen molar-refractivity contribution in [3.8, 4) is 0 Å². The summed E-state index contributed by atoms with van der Waals surface area (Å²) >= 11 is 0.